The minimum Gasteiger partial charge on any atom is -0.465 e. The van der Waals surface area contributed by atoms with Crippen LogP contribution >= 0.6 is 11.6 Å². The first-order valence-electron chi connectivity index (χ1n) is 17.5. The second-order valence-corrected chi connectivity index (χ2v) is 21.6. The molecule has 4 heterocycles. The summed E-state index contributed by atoms with van der Waals surface area (Å²) in [4.78, 5) is 44.8. The molecule has 2 unspecified atom stereocenters. The fraction of sp³-hybridized carbons (Fsp3) is 0.486. The smallest absolute Gasteiger partial charge is 0.414 e. The Hall–Kier alpha value is -4.11. The van der Waals surface area contributed by atoms with Crippen molar-refractivity contribution in [1.29, 1.82) is 0 Å². The second-order valence-electron chi connectivity index (χ2n) is 15.6. The first-order valence-corrected chi connectivity index (χ1v) is 21.6. The van der Waals surface area contributed by atoms with Crippen molar-refractivity contribution in [3.05, 3.63) is 59.8 Å². The van der Waals surface area contributed by atoms with Gasteiger partial charge in [-0.3, -0.25) is 14.8 Å². The molecule has 2 amide bonds. The zero-order valence-electron chi connectivity index (χ0n) is 31.2. The Labute approximate surface area is 310 Å². The number of benzene rings is 1. The summed E-state index contributed by atoms with van der Waals surface area (Å²) < 4.78 is 28.9. The Morgan fingerprint density at radius 2 is 1.77 bits per heavy atom. The molecule has 0 radical (unpaired) electrons. The molecule has 1 fully saturated rings. The zero-order chi connectivity index (χ0) is 38.0. The number of nitrogens with zero attached hydrogens (tertiary/aromatic N) is 7. The van der Waals surface area contributed by atoms with E-state index in [1.807, 2.05) is 45.3 Å². The van der Waals surface area contributed by atoms with Gasteiger partial charge < -0.3 is 24.0 Å². The molecular formula is C37H49ClFN7O5Si. The minimum atomic E-state index is -1.33. The van der Waals surface area contributed by atoms with Gasteiger partial charge in [-0.2, -0.15) is 0 Å². The van der Waals surface area contributed by atoms with Gasteiger partial charge >= 0.3 is 12.2 Å². The van der Waals surface area contributed by atoms with E-state index >= 15 is 4.39 Å². The van der Waals surface area contributed by atoms with Gasteiger partial charge in [0, 0.05) is 63.5 Å². The molecule has 52 heavy (non-hydrogen) atoms. The summed E-state index contributed by atoms with van der Waals surface area (Å²) in [6.45, 7) is 18.6. The molecule has 280 valence electrons. The van der Waals surface area contributed by atoms with Crippen molar-refractivity contribution in [3.63, 3.8) is 0 Å². The van der Waals surface area contributed by atoms with Crippen molar-refractivity contribution in [2.75, 3.05) is 37.7 Å². The summed E-state index contributed by atoms with van der Waals surface area (Å²) >= 11 is 6.30. The summed E-state index contributed by atoms with van der Waals surface area (Å²) in [5.74, 6) is -0.471. The van der Waals surface area contributed by atoms with Gasteiger partial charge in [-0.15, -0.1) is 0 Å². The quantitative estimate of drug-likeness (QED) is 0.120. The number of fused-ring (bicyclic) bond motifs is 1. The van der Waals surface area contributed by atoms with Gasteiger partial charge in [0.1, 0.15) is 23.8 Å². The van der Waals surface area contributed by atoms with Gasteiger partial charge in [0.15, 0.2) is 0 Å². The third kappa shape index (κ3) is 9.65. The Morgan fingerprint density at radius 3 is 2.42 bits per heavy atom. The van der Waals surface area contributed by atoms with Crippen LogP contribution in [0.3, 0.4) is 0 Å². The molecule has 0 aliphatic carbocycles. The highest BCUT2D eigenvalue weighted by molar-refractivity contribution is 6.76. The van der Waals surface area contributed by atoms with Crippen LogP contribution in [-0.2, 0) is 16.2 Å². The number of carbonyl (C=O) groups excluding carboxylic acids is 1. The summed E-state index contributed by atoms with van der Waals surface area (Å²) in [6, 6.07) is 10.3. The monoisotopic (exact) mass is 753 g/mol. The van der Waals surface area contributed by atoms with Gasteiger partial charge in [-0.25, -0.2) is 23.9 Å². The number of piperazine rings is 1. The first kappa shape index (κ1) is 39.1. The Morgan fingerprint density at radius 1 is 1.06 bits per heavy atom. The number of pyridine rings is 2. The van der Waals surface area contributed by atoms with Crippen molar-refractivity contribution < 1.29 is 28.6 Å². The van der Waals surface area contributed by atoms with Gasteiger partial charge in [0.2, 0.25) is 0 Å². The SMILES string of the molecule is CC1CN(CCN(C(=O)OC(C)(C)C)c2cnc3ccc(-c4c(-c5cc(Cl)ccc5F)ncn4COCC[Si](C)(C)C)nc3c2)CC(C)N1C(=O)O. The number of imidazole rings is 1. The van der Waals surface area contributed by atoms with E-state index in [-0.39, 0.29) is 30.9 Å². The molecule has 2 atom stereocenters. The largest absolute Gasteiger partial charge is 0.465 e. The van der Waals surface area contributed by atoms with E-state index in [0.29, 0.717) is 65.1 Å². The van der Waals surface area contributed by atoms with Crippen LogP contribution in [0.1, 0.15) is 34.6 Å². The van der Waals surface area contributed by atoms with E-state index in [1.54, 1.807) is 30.7 Å². The van der Waals surface area contributed by atoms with Gasteiger partial charge in [0.05, 0.1) is 40.6 Å². The fourth-order valence-electron chi connectivity index (χ4n) is 6.32. The number of aromatic nitrogens is 4. The molecule has 1 saturated heterocycles. The topological polar surface area (TPSA) is 126 Å². The summed E-state index contributed by atoms with van der Waals surface area (Å²) in [5, 5.41) is 10.0. The van der Waals surface area contributed by atoms with Gasteiger partial charge in [0.25, 0.3) is 0 Å². The molecule has 4 aromatic rings. The summed E-state index contributed by atoms with van der Waals surface area (Å²) in [7, 11) is -1.33. The molecular weight excluding hydrogens is 705 g/mol. The number of hydrogen-bond acceptors (Lipinski definition) is 8. The fourth-order valence-corrected chi connectivity index (χ4v) is 7.25. The number of anilines is 1. The number of halogens is 2. The number of carboxylic acid groups (broad SMARTS) is 1. The minimum absolute atomic E-state index is 0.192. The van der Waals surface area contributed by atoms with E-state index in [9.17, 15) is 14.7 Å². The standard InChI is InChI=1S/C37H49ClFN7O5Si/c1-24-20-43(21-25(2)46(24)35(47)48)13-14-45(36(49)51-37(3,4)5)27-18-32-30(40-19-27)11-12-31(42-32)34-33(28-17-26(38)9-10-29(28)39)41-22-44(34)23-50-15-16-52(6,7)8/h9-12,17-19,22,24-25H,13-16,20-21,23H2,1-8H3,(H,47,48). The number of ether oxygens (including phenoxy) is 2. The molecule has 1 N–H and O–H groups in total. The molecule has 1 aliphatic rings. The van der Waals surface area contributed by atoms with Crippen LogP contribution in [-0.4, -0.2) is 105 Å². The van der Waals surface area contributed by atoms with Gasteiger partial charge in [-0.1, -0.05) is 31.2 Å². The van der Waals surface area contributed by atoms with E-state index in [0.717, 1.165) is 6.04 Å². The molecule has 0 spiro atoms. The molecule has 12 nitrogen and oxygen atoms in total. The third-order valence-electron chi connectivity index (χ3n) is 8.79. The van der Waals surface area contributed by atoms with Crippen molar-refractivity contribution in [2.24, 2.45) is 0 Å². The maximum Gasteiger partial charge on any atom is 0.414 e. The highest BCUT2D eigenvalue weighted by Gasteiger charge is 2.33. The summed E-state index contributed by atoms with van der Waals surface area (Å²) in [5.41, 5.74) is 2.50. The van der Waals surface area contributed by atoms with Crippen LogP contribution in [0, 0.1) is 5.82 Å². The van der Waals surface area contributed by atoms with Crippen molar-refractivity contribution in [3.8, 4) is 22.6 Å². The van der Waals surface area contributed by atoms with E-state index in [4.69, 9.17) is 26.1 Å². The molecule has 0 saturated carbocycles. The van der Waals surface area contributed by atoms with Crippen LogP contribution in [0.25, 0.3) is 33.7 Å². The van der Waals surface area contributed by atoms with Gasteiger partial charge in [-0.05, 0) is 77.1 Å². The van der Waals surface area contributed by atoms with Crippen LogP contribution in [0.4, 0.5) is 19.7 Å². The zero-order valence-corrected chi connectivity index (χ0v) is 32.9. The Bertz CT molecular complexity index is 1900. The van der Waals surface area contributed by atoms with Crippen LogP contribution in [0.2, 0.25) is 30.7 Å². The molecule has 1 aliphatic heterocycles. The highest BCUT2D eigenvalue weighted by Crippen LogP contribution is 2.34. The van der Waals surface area contributed by atoms with Crippen LogP contribution in [0.5, 0.6) is 0 Å². The average Bonchev–Trinajstić information content (AvgIpc) is 3.45. The summed E-state index contributed by atoms with van der Waals surface area (Å²) in [6.07, 6.45) is 1.75. The van der Waals surface area contributed by atoms with E-state index in [1.165, 1.54) is 21.9 Å². The average molecular weight is 754 g/mol. The Balaban J connectivity index is 1.50. The lowest BCUT2D eigenvalue weighted by Gasteiger charge is -2.43. The maximum absolute atomic E-state index is 15.2. The molecule has 5 rings (SSSR count). The molecule has 3 aromatic heterocycles. The maximum atomic E-state index is 15.2. The number of carbonyl (C=O) groups is 2. The number of rotatable bonds is 11. The predicted molar refractivity (Wildman–Crippen MR) is 204 cm³/mol. The first-order chi connectivity index (χ1) is 24.4. The predicted octanol–water partition coefficient (Wildman–Crippen LogP) is 8.08. The molecule has 15 heteroatoms. The normalized spacial score (nSPS) is 17.1. The lowest BCUT2D eigenvalue weighted by Crippen LogP contribution is -2.59. The molecule has 0 bridgehead atoms. The van der Waals surface area contributed by atoms with E-state index in [2.05, 4.69) is 34.5 Å². The van der Waals surface area contributed by atoms with Crippen molar-refractivity contribution in [1.82, 2.24) is 29.3 Å². The number of hydrogen-bond donors (Lipinski definition) is 1. The highest BCUT2D eigenvalue weighted by atomic mass is 35.5. The van der Waals surface area contributed by atoms with Crippen molar-refractivity contribution in [2.45, 2.75) is 84.7 Å². The Kier molecular flexibility index (Phi) is 11.9. The van der Waals surface area contributed by atoms with Crippen LogP contribution in [0.15, 0.2) is 48.9 Å². The third-order valence-corrected chi connectivity index (χ3v) is 10.7. The second kappa shape index (κ2) is 15.9. The lowest BCUT2D eigenvalue weighted by atomic mass is 10.1. The van der Waals surface area contributed by atoms with Crippen molar-refractivity contribution >= 4 is 48.6 Å². The van der Waals surface area contributed by atoms with E-state index < -0.39 is 31.7 Å². The lowest BCUT2D eigenvalue weighted by molar-refractivity contribution is 0.0409. The molecule has 1 aromatic carbocycles. The number of amides is 2. The van der Waals surface area contributed by atoms with Crippen LogP contribution < -0.4 is 4.90 Å².